The van der Waals surface area contributed by atoms with Gasteiger partial charge in [-0.1, -0.05) is 5.69 Å². The van der Waals surface area contributed by atoms with Crippen LogP contribution in [-0.2, 0) is 10.0 Å². The number of hydrogen-bond acceptors (Lipinski definition) is 2. The van der Waals surface area contributed by atoms with Crippen LogP contribution in [-0.4, -0.2) is 20.7 Å². The number of benzene rings is 1. The molecule has 1 aromatic carbocycles. The molecule has 0 saturated carbocycles. The molecule has 0 saturated heterocycles. The highest BCUT2D eigenvalue weighted by atomic mass is 32.2. The van der Waals surface area contributed by atoms with Gasteiger partial charge in [-0.25, -0.2) is 17.2 Å². The zero-order chi connectivity index (χ0) is 11.5. The Labute approximate surface area is 86.1 Å². The molecular weight excluding hydrogens is 226 g/mol. The second-order valence-electron chi connectivity index (χ2n) is 2.83. The van der Waals surface area contributed by atoms with Crippen molar-refractivity contribution in [3.63, 3.8) is 0 Å². The van der Waals surface area contributed by atoms with Crippen molar-refractivity contribution in [3.8, 4) is 0 Å². The highest BCUT2D eigenvalue weighted by Crippen LogP contribution is 2.26. The molecule has 4 nitrogen and oxygen atoms in total. The zero-order valence-electron chi connectivity index (χ0n) is 7.78. The van der Waals surface area contributed by atoms with Gasteiger partial charge in [-0.15, -0.1) is 0 Å². The Morgan fingerprint density at radius 1 is 1.33 bits per heavy atom. The molecule has 0 heterocycles. The molecule has 0 atom stereocenters. The third-order valence-electron chi connectivity index (χ3n) is 1.55. The first-order valence-corrected chi connectivity index (χ1v) is 5.75. The molecule has 0 aliphatic heterocycles. The summed E-state index contributed by atoms with van der Waals surface area (Å²) in [7, 11) is -3.77. The molecule has 0 aliphatic rings. The third kappa shape index (κ3) is 3.45. The van der Waals surface area contributed by atoms with Gasteiger partial charge in [0.15, 0.2) is 0 Å². The van der Waals surface area contributed by atoms with Crippen molar-refractivity contribution in [2.45, 2.75) is 0 Å². The van der Waals surface area contributed by atoms with Crippen LogP contribution in [0.15, 0.2) is 18.2 Å². The van der Waals surface area contributed by atoms with E-state index >= 15 is 0 Å². The Morgan fingerprint density at radius 3 is 2.60 bits per heavy atom. The Balaban J connectivity index is 2.94. The first-order valence-electron chi connectivity index (χ1n) is 4.14. The number of rotatable bonds is 4. The summed E-state index contributed by atoms with van der Waals surface area (Å²) in [5, 5.41) is 0. The van der Waals surface area contributed by atoms with Gasteiger partial charge in [-0.2, -0.15) is 0 Å². The first-order chi connectivity index (χ1) is 6.94. The van der Waals surface area contributed by atoms with Gasteiger partial charge < -0.3 is 10.5 Å². The summed E-state index contributed by atoms with van der Waals surface area (Å²) in [6.07, 6.45) is 0. The van der Waals surface area contributed by atoms with Crippen molar-refractivity contribution in [1.29, 1.82) is 0 Å². The fourth-order valence-corrected chi connectivity index (χ4v) is 1.83. The van der Waals surface area contributed by atoms with Crippen molar-refractivity contribution >= 4 is 15.7 Å². The second kappa shape index (κ2) is 4.54. The van der Waals surface area contributed by atoms with Gasteiger partial charge in [0.1, 0.15) is 11.6 Å². The lowest BCUT2D eigenvalue weighted by Gasteiger charge is -2.21. The number of hydrogen-bond donors (Lipinski definition) is 1. The van der Waals surface area contributed by atoms with Crippen LogP contribution in [0.4, 0.5) is 14.5 Å². The predicted molar refractivity (Wildman–Crippen MR) is 50.9 cm³/mol. The maximum Gasteiger partial charge on any atom is 0.122 e. The lowest BCUT2D eigenvalue weighted by molar-refractivity contribution is -0.360. The van der Waals surface area contributed by atoms with Crippen LogP contribution in [0.1, 0.15) is 0 Å². The molecule has 1 rings (SSSR count). The van der Waals surface area contributed by atoms with E-state index in [1.54, 1.807) is 0 Å². The van der Waals surface area contributed by atoms with E-state index in [1.807, 2.05) is 0 Å². The Morgan fingerprint density at radius 2 is 2.00 bits per heavy atom. The number of nitrogens with zero attached hydrogens (tertiary/aromatic N) is 1. The standard InChI is InChI=1S/C8H9F2N2O2S/c9-6-1-2-7(10)8(5-6)12-15(13,14)4-3-11/h1-2,5H,3-4,11H2/q-1/p+1. The van der Waals surface area contributed by atoms with Crippen molar-refractivity contribution in [1.82, 2.24) is 0 Å². The summed E-state index contributed by atoms with van der Waals surface area (Å²) in [6.45, 7) is 0.128. The van der Waals surface area contributed by atoms with Gasteiger partial charge in [0.25, 0.3) is 0 Å². The van der Waals surface area contributed by atoms with Gasteiger partial charge in [0, 0.05) is 0 Å². The second-order valence-corrected chi connectivity index (χ2v) is 4.58. The van der Waals surface area contributed by atoms with Gasteiger partial charge in [-0.3, -0.25) is 0 Å². The van der Waals surface area contributed by atoms with Crippen LogP contribution in [0.2, 0.25) is 0 Å². The van der Waals surface area contributed by atoms with Gasteiger partial charge in [0.05, 0.1) is 22.3 Å². The fraction of sp³-hybridized carbons (Fsp3) is 0.250. The summed E-state index contributed by atoms with van der Waals surface area (Å²) in [4.78, 5) is 0. The molecule has 0 spiro atoms. The van der Waals surface area contributed by atoms with E-state index in [-0.39, 0.29) is 12.3 Å². The minimum Gasteiger partial charge on any atom is -0.574 e. The highest BCUT2D eigenvalue weighted by Gasteiger charge is 2.03. The van der Waals surface area contributed by atoms with Crippen LogP contribution in [0.5, 0.6) is 0 Å². The molecule has 0 aromatic heterocycles. The molecule has 15 heavy (non-hydrogen) atoms. The average molecular weight is 236 g/mol. The van der Waals surface area contributed by atoms with Crippen LogP contribution in [0.3, 0.4) is 0 Å². The topological polar surface area (TPSA) is 75.9 Å². The van der Waals surface area contributed by atoms with Crippen molar-refractivity contribution < 1.29 is 22.9 Å². The molecule has 0 amide bonds. The van der Waals surface area contributed by atoms with Crippen molar-refractivity contribution in [3.05, 3.63) is 34.6 Å². The minimum absolute atomic E-state index is 0.128. The molecule has 7 heteroatoms. The van der Waals surface area contributed by atoms with Crippen LogP contribution < -0.4 is 5.73 Å². The molecular formula is C8H10F2N2O2S. The Bertz CT molecular complexity index is 448. The van der Waals surface area contributed by atoms with Gasteiger partial charge in [-0.05, 0) is 18.2 Å². The van der Waals surface area contributed by atoms with Crippen molar-refractivity contribution in [2.75, 3.05) is 12.3 Å². The Kier molecular flexibility index (Phi) is 3.59. The van der Waals surface area contributed by atoms with Crippen molar-refractivity contribution in [2.24, 2.45) is 0 Å². The first kappa shape index (κ1) is 11.9. The third-order valence-corrected chi connectivity index (χ3v) is 2.83. The number of halogens is 2. The summed E-state index contributed by atoms with van der Waals surface area (Å²) in [5.41, 5.74) is 2.83. The highest BCUT2D eigenvalue weighted by molar-refractivity contribution is 7.94. The van der Waals surface area contributed by atoms with Crippen LogP contribution in [0, 0.1) is 11.6 Å². The average Bonchev–Trinajstić information content (AvgIpc) is 2.10. The number of quaternary nitrogens is 1. The summed E-state index contributed by atoms with van der Waals surface area (Å²) >= 11 is 0. The van der Waals surface area contributed by atoms with Gasteiger partial charge >= 0.3 is 0 Å². The quantitative estimate of drug-likeness (QED) is 0.828. The van der Waals surface area contributed by atoms with E-state index in [2.05, 4.69) is 10.5 Å². The maximum atomic E-state index is 13.0. The maximum absolute atomic E-state index is 13.0. The van der Waals surface area contributed by atoms with E-state index in [1.165, 1.54) is 0 Å². The SMILES string of the molecule is [NH3+]CCS(=O)(=O)[N-]c1cc(F)ccc1F. The van der Waals surface area contributed by atoms with Crippen LogP contribution in [0.25, 0.3) is 4.72 Å². The van der Waals surface area contributed by atoms with E-state index < -0.39 is 27.3 Å². The van der Waals surface area contributed by atoms with E-state index in [4.69, 9.17) is 0 Å². The van der Waals surface area contributed by atoms with E-state index in [9.17, 15) is 17.2 Å². The zero-order valence-corrected chi connectivity index (χ0v) is 8.60. The summed E-state index contributed by atoms with van der Waals surface area (Å²) < 4.78 is 51.2. The largest absolute Gasteiger partial charge is 0.574 e. The predicted octanol–water partition coefficient (Wildman–Crippen LogP) is 0.542. The van der Waals surface area contributed by atoms with E-state index in [0.29, 0.717) is 0 Å². The van der Waals surface area contributed by atoms with Crippen LogP contribution >= 0.6 is 0 Å². The summed E-state index contributed by atoms with van der Waals surface area (Å²) in [5.74, 6) is -1.90. The lowest BCUT2D eigenvalue weighted by Crippen LogP contribution is -2.52. The molecule has 0 bridgehead atoms. The molecule has 0 aliphatic carbocycles. The number of sulfonamides is 1. The molecule has 84 valence electrons. The lowest BCUT2D eigenvalue weighted by atomic mass is 10.3. The van der Waals surface area contributed by atoms with E-state index in [0.717, 1.165) is 18.2 Å². The Hall–Kier alpha value is -1.21. The molecule has 1 aromatic rings. The smallest absolute Gasteiger partial charge is 0.122 e. The summed E-state index contributed by atoms with van der Waals surface area (Å²) in [6, 6.07) is 2.45. The molecule has 0 radical (unpaired) electrons. The molecule has 0 unspecified atom stereocenters. The fourth-order valence-electron chi connectivity index (χ4n) is 0.934. The minimum atomic E-state index is -3.77. The monoisotopic (exact) mass is 236 g/mol. The molecule has 0 fully saturated rings. The normalized spacial score (nSPS) is 11.4. The molecule has 3 N–H and O–H groups in total. The van der Waals surface area contributed by atoms with Gasteiger partial charge in [0.2, 0.25) is 0 Å².